The van der Waals surface area contributed by atoms with Gasteiger partial charge in [0.2, 0.25) is 15.9 Å². The van der Waals surface area contributed by atoms with Gasteiger partial charge in [-0.3, -0.25) is 4.79 Å². The van der Waals surface area contributed by atoms with E-state index in [1.807, 2.05) is 37.3 Å². The van der Waals surface area contributed by atoms with Gasteiger partial charge in [-0.2, -0.15) is 4.31 Å². The molecule has 0 saturated carbocycles. The highest BCUT2D eigenvalue weighted by Gasteiger charge is 2.28. The van der Waals surface area contributed by atoms with Crippen LogP contribution in [-0.4, -0.2) is 31.7 Å². The van der Waals surface area contributed by atoms with Crippen LogP contribution in [0.4, 0.5) is 5.69 Å². The Morgan fingerprint density at radius 3 is 2.54 bits per heavy atom. The Morgan fingerprint density at radius 2 is 1.88 bits per heavy atom. The number of carbonyl (C=O) groups excluding carboxylic acids is 1. The zero-order valence-electron chi connectivity index (χ0n) is 15.2. The van der Waals surface area contributed by atoms with Crippen molar-refractivity contribution in [3.05, 3.63) is 59.7 Å². The monoisotopic (exact) mass is 372 g/mol. The van der Waals surface area contributed by atoms with Gasteiger partial charge in [0.25, 0.3) is 0 Å². The molecule has 1 aliphatic rings. The van der Waals surface area contributed by atoms with E-state index in [-0.39, 0.29) is 5.91 Å². The van der Waals surface area contributed by atoms with E-state index in [4.69, 9.17) is 0 Å². The number of amides is 1. The number of fused-ring (bicyclic) bond motifs is 1. The Labute approximate surface area is 155 Å². The van der Waals surface area contributed by atoms with Crippen LogP contribution in [0.1, 0.15) is 31.4 Å². The fourth-order valence-corrected chi connectivity index (χ4v) is 4.91. The molecule has 0 aromatic heterocycles. The number of benzene rings is 2. The Morgan fingerprint density at radius 1 is 1.15 bits per heavy atom. The Balaban J connectivity index is 1.91. The lowest BCUT2D eigenvalue weighted by atomic mass is 10.2. The number of anilines is 1. The lowest BCUT2D eigenvalue weighted by Crippen LogP contribution is -2.31. The predicted octanol–water partition coefficient (Wildman–Crippen LogP) is 3.20. The first-order valence-corrected chi connectivity index (χ1v) is 10.3. The van der Waals surface area contributed by atoms with Gasteiger partial charge in [-0.25, -0.2) is 8.42 Å². The van der Waals surface area contributed by atoms with Gasteiger partial charge >= 0.3 is 0 Å². The van der Waals surface area contributed by atoms with Gasteiger partial charge in [0.1, 0.15) is 0 Å². The van der Waals surface area contributed by atoms with E-state index in [9.17, 15) is 13.2 Å². The van der Waals surface area contributed by atoms with E-state index >= 15 is 0 Å². The van der Waals surface area contributed by atoms with Crippen molar-refractivity contribution in [3.63, 3.8) is 0 Å². The first-order valence-electron chi connectivity index (χ1n) is 8.88. The van der Waals surface area contributed by atoms with Crippen molar-refractivity contribution in [3.8, 4) is 0 Å². The van der Waals surface area contributed by atoms with Gasteiger partial charge in [0, 0.05) is 32.2 Å². The van der Waals surface area contributed by atoms with E-state index in [0.29, 0.717) is 31.0 Å². The maximum absolute atomic E-state index is 13.2. The number of carbonyl (C=O) groups is 1. The average molecular weight is 372 g/mol. The van der Waals surface area contributed by atoms with Crippen molar-refractivity contribution in [2.24, 2.45) is 0 Å². The Kier molecular flexibility index (Phi) is 5.44. The molecule has 1 aliphatic heterocycles. The second kappa shape index (κ2) is 7.60. The molecule has 0 N–H and O–H groups in total. The quantitative estimate of drug-likeness (QED) is 0.782. The Hall–Kier alpha value is -2.18. The molecule has 5 nitrogen and oxygen atoms in total. The maximum Gasteiger partial charge on any atom is 0.243 e. The fraction of sp³-hybridized carbons (Fsp3) is 0.350. The number of nitrogens with zero attached hydrogens (tertiary/aromatic N) is 2. The molecule has 0 radical (unpaired) electrons. The zero-order chi connectivity index (χ0) is 18.7. The van der Waals surface area contributed by atoms with Gasteiger partial charge in [-0.05, 0) is 42.2 Å². The molecule has 0 saturated heterocycles. The molecule has 0 atom stereocenters. The van der Waals surface area contributed by atoms with Gasteiger partial charge in [-0.1, -0.05) is 37.3 Å². The summed E-state index contributed by atoms with van der Waals surface area (Å²) in [5, 5.41) is 0. The summed E-state index contributed by atoms with van der Waals surface area (Å²) in [6.45, 7) is 4.93. The molecular formula is C20H24N2O3S. The number of sulfonamides is 1. The maximum atomic E-state index is 13.2. The van der Waals surface area contributed by atoms with Gasteiger partial charge < -0.3 is 4.90 Å². The van der Waals surface area contributed by atoms with Crippen LogP contribution in [0, 0.1) is 0 Å². The van der Waals surface area contributed by atoms with Crippen molar-refractivity contribution in [1.82, 2.24) is 4.31 Å². The van der Waals surface area contributed by atoms with Crippen molar-refractivity contribution in [2.75, 3.05) is 18.0 Å². The highest BCUT2D eigenvalue weighted by molar-refractivity contribution is 7.89. The lowest BCUT2D eigenvalue weighted by molar-refractivity contribution is -0.116. The second-order valence-corrected chi connectivity index (χ2v) is 8.47. The molecule has 0 spiro atoms. The minimum atomic E-state index is -3.59. The molecule has 138 valence electrons. The molecule has 0 bridgehead atoms. The zero-order valence-corrected chi connectivity index (χ0v) is 16.0. The summed E-state index contributed by atoms with van der Waals surface area (Å²) in [5.41, 5.74) is 2.70. The largest absolute Gasteiger partial charge is 0.312 e. The van der Waals surface area contributed by atoms with Crippen molar-refractivity contribution < 1.29 is 13.2 Å². The molecule has 1 heterocycles. The SMILES string of the molecule is CCCN(Cc1ccccc1)S(=O)(=O)c1ccc2c(c1)CCN2C(C)=O. The average Bonchev–Trinajstić information content (AvgIpc) is 3.05. The second-order valence-electron chi connectivity index (χ2n) is 6.54. The molecule has 0 aliphatic carbocycles. The van der Waals surface area contributed by atoms with Crippen LogP contribution in [-0.2, 0) is 27.8 Å². The van der Waals surface area contributed by atoms with Crippen molar-refractivity contribution >= 4 is 21.6 Å². The van der Waals surface area contributed by atoms with Crippen molar-refractivity contribution in [2.45, 2.75) is 38.1 Å². The molecular weight excluding hydrogens is 348 g/mol. The normalized spacial score (nSPS) is 13.9. The minimum absolute atomic E-state index is 0.0176. The number of hydrogen-bond donors (Lipinski definition) is 0. The highest BCUT2D eigenvalue weighted by Crippen LogP contribution is 2.31. The molecule has 1 amide bonds. The van der Waals surface area contributed by atoms with E-state index in [2.05, 4.69) is 0 Å². The van der Waals surface area contributed by atoms with Crippen LogP contribution in [0.15, 0.2) is 53.4 Å². The van der Waals surface area contributed by atoms with Crippen LogP contribution in [0.5, 0.6) is 0 Å². The molecule has 2 aromatic rings. The fourth-order valence-electron chi connectivity index (χ4n) is 3.34. The summed E-state index contributed by atoms with van der Waals surface area (Å²) in [6.07, 6.45) is 1.43. The minimum Gasteiger partial charge on any atom is -0.312 e. The summed E-state index contributed by atoms with van der Waals surface area (Å²) in [6, 6.07) is 14.7. The molecule has 0 fully saturated rings. The van der Waals surface area contributed by atoms with Gasteiger partial charge in [0.05, 0.1) is 4.90 Å². The highest BCUT2D eigenvalue weighted by atomic mass is 32.2. The molecule has 0 unspecified atom stereocenters. The van der Waals surface area contributed by atoms with E-state index in [0.717, 1.165) is 23.2 Å². The summed E-state index contributed by atoms with van der Waals surface area (Å²) in [4.78, 5) is 13.7. The molecule has 3 rings (SSSR count). The predicted molar refractivity (Wildman–Crippen MR) is 103 cm³/mol. The van der Waals surface area contributed by atoms with Crippen LogP contribution < -0.4 is 4.90 Å². The van der Waals surface area contributed by atoms with Crippen LogP contribution >= 0.6 is 0 Å². The lowest BCUT2D eigenvalue weighted by Gasteiger charge is -2.22. The third kappa shape index (κ3) is 3.66. The third-order valence-electron chi connectivity index (χ3n) is 4.64. The standard InChI is InChI=1S/C20H24N2O3S/c1-3-12-21(15-17-7-5-4-6-8-17)26(24,25)19-9-10-20-18(14-19)11-13-22(20)16(2)23/h4-10,14H,3,11-13,15H2,1-2H3. The smallest absolute Gasteiger partial charge is 0.243 e. The Bertz CT molecular complexity index is 895. The van der Waals surface area contributed by atoms with E-state index in [1.165, 1.54) is 11.2 Å². The number of rotatable bonds is 6. The summed E-state index contributed by atoms with van der Waals surface area (Å²) in [7, 11) is -3.59. The third-order valence-corrected chi connectivity index (χ3v) is 6.48. The number of hydrogen-bond acceptors (Lipinski definition) is 3. The van der Waals surface area contributed by atoms with Crippen LogP contribution in [0.3, 0.4) is 0 Å². The van der Waals surface area contributed by atoms with Gasteiger partial charge in [-0.15, -0.1) is 0 Å². The molecule has 2 aromatic carbocycles. The first-order chi connectivity index (χ1) is 12.4. The molecule has 26 heavy (non-hydrogen) atoms. The van der Waals surface area contributed by atoms with Crippen molar-refractivity contribution in [1.29, 1.82) is 0 Å². The molecule has 6 heteroatoms. The first kappa shape index (κ1) is 18.6. The topological polar surface area (TPSA) is 57.7 Å². The van der Waals surface area contributed by atoms with Crippen LogP contribution in [0.2, 0.25) is 0 Å². The van der Waals surface area contributed by atoms with E-state index < -0.39 is 10.0 Å². The summed E-state index contributed by atoms with van der Waals surface area (Å²) < 4.78 is 27.9. The summed E-state index contributed by atoms with van der Waals surface area (Å²) in [5.74, 6) is -0.0176. The summed E-state index contributed by atoms with van der Waals surface area (Å²) >= 11 is 0. The van der Waals surface area contributed by atoms with Gasteiger partial charge in [0.15, 0.2) is 0 Å². The van der Waals surface area contributed by atoms with E-state index in [1.54, 1.807) is 23.1 Å². The van der Waals surface area contributed by atoms with Crippen LogP contribution in [0.25, 0.3) is 0 Å².